The lowest BCUT2D eigenvalue weighted by molar-refractivity contribution is -0.196. The Labute approximate surface area is 178 Å². The minimum atomic E-state index is -4.66. The molecule has 1 aromatic carbocycles. The van der Waals surface area contributed by atoms with Gasteiger partial charge in [-0.25, -0.2) is 18.0 Å². The molecule has 3 saturated heterocycles. The van der Waals surface area contributed by atoms with Crippen LogP contribution < -0.4 is 5.32 Å². The van der Waals surface area contributed by atoms with Crippen LogP contribution in [0.15, 0.2) is 18.2 Å². The minimum Gasteiger partial charge on any atom is -0.370 e. The molecule has 0 bridgehead atoms. The third-order valence-corrected chi connectivity index (χ3v) is 5.58. The van der Waals surface area contributed by atoms with E-state index in [4.69, 9.17) is 9.47 Å². The molecule has 3 heterocycles. The van der Waals surface area contributed by atoms with E-state index in [9.17, 15) is 35.9 Å². The summed E-state index contributed by atoms with van der Waals surface area (Å²) < 4.78 is 90.8. The summed E-state index contributed by atoms with van der Waals surface area (Å²) >= 11 is 0. The number of morpholine rings is 1. The summed E-state index contributed by atoms with van der Waals surface area (Å²) in [5.41, 5.74) is -1.18. The van der Waals surface area contributed by atoms with E-state index >= 15 is 0 Å². The number of carbonyl (C=O) groups excluding carboxylic acids is 2. The van der Waals surface area contributed by atoms with Crippen molar-refractivity contribution in [3.05, 3.63) is 35.1 Å². The monoisotopic (exact) mass is 467 g/mol. The van der Waals surface area contributed by atoms with E-state index in [1.54, 1.807) is 0 Å². The van der Waals surface area contributed by atoms with Crippen LogP contribution in [0, 0.1) is 5.82 Å². The number of amides is 3. The van der Waals surface area contributed by atoms with E-state index < -0.39 is 66.8 Å². The van der Waals surface area contributed by atoms with Gasteiger partial charge in [-0.05, 0) is 12.1 Å². The quantitative estimate of drug-likeness (QED) is 0.691. The molecule has 0 unspecified atom stereocenters. The van der Waals surface area contributed by atoms with E-state index in [-0.39, 0.29) is 31.8 Å². The maximum absolute atomic E-state index is 14.4. The minimum absolute atomic E-state index is 0.0557. The maximum Gasteiger partial charge on any atom is 0.416 e. The Morgan fingerprint density at radius 1 is 1.22 bits per heavy atom. The number of rotatable bonds is 3. The van der Waals surface area contributed by atoms with Crippen LogP contribution in [0.2, 0.25) is 0 Å². The predicted octanol–water partition coefficient (Wildman–Crippen LogP) is 2.00. The Morgan fingerprint density at radius 2 is 1.94 bits per heavy atom. The number of fused-ring (bicyclic) bond motifs is 1. The number of likely N-dealkylation sites (tertiary alicyclic amines) is 2. The van der Waals surface area contributed by atoms with Crippen molar-refractivity contribution in [1.29, 1.82) is 0 Å². The number of ether oxygens (including phenoxy) is 2. The molecule has 0 aliphatic carbocycles. The van der Waals surface area contributed by atoms with Crippen LogP contribution in [0.25, 0.3) is 0 Å². The molecule has 3 aliphatic rings. The third-order valence-electron chi connectivity index (χ3n) is 5.58. The van der Waals surface area contributed by atoms with E-state index in [0.29, 0.717) is 6.07 Å². The van der Waals surface area contributed by atoms with Crippen molar-refractivity contribution in [2.45, 2.75) is 37.0 Å². The molecule has 0 spiro atoms. The fourth-order valence-electron chi connectivity index (χ4n) is 3.90. The van der Waals surface area contributed by atoms with Crippen LogP contribution in [0.4, 0.5) is 31.1 Å². The van der Waals surface area contributed by atoms with Crippen LogP contribution in [-0.2, 0) is 27.1 Å². The largest absolute Gasteiger partial charge is 0.416 e. The Balaban J connectivity index is 1.28. The van der Waals surface area contributed by atoms with E-state index in [1.807, 2.05) is 0 Å². The fraction of sp³-hybridized carbons (Fsp3) is 0.579. The standard InChI is InChI=1S/C19H19F6N3O4/c20-13-3-11(19(23,24)25)2-1-10(13)7-31-12-4-27(5-12)17(30)28-6-14-16(18(21,22)9-28)32-8-15(29)26-14/h1-3,12,14,16H,4-9H2,(H,26,29)/t14-,16-/m0/s1. The first-order valence-electron chi connectivity index (χ1n) is 9.74. The highest BCUT2D eigenvalue weighted by atomic mass is 19.4. The lowest BCUT2D eigenvalue weighted by Gasteiger charge is -2.48. The van der Waals surface area contributed by atoms with Crippen molar-refractivity contribution in [3.63, 3.8) is 0 Å². The van der Waals surface area contributed by atoms with Gasteiger partial charge < -0.3 is 24.6 Å². The second kappa shape index (κ2) is 8.10. The highest BCUT2D eigenvalue weighted by Gasteiger charge is 2.55. The van der Waals surface area contributed by atoms with E-state index in [0.717, 1.165) is 17.0 Å². The second-order valence-electron chi connectivity index (χ2n) is 7.97. The fourth-order valence-corrected chi connectivity index (χ4v) is 3.90. The molecule has 3 fully saturated rings. The van der Waals surface area contributed by atoms with Gasteiger partial charge in [-0.15, -0.1) is 0 Å². The van der Waals surface area contributed by atoms with Crippen LogP contribution in [0.3, 0.4) is 0 Å². The number of hydrogen-bond donors (Lipinski definition) is 1. The lowest BCUT2D eigenvalue weighted by Crippen LogP contribution is -2.71. The molecule has 3 amide bonds. The van der Waals surface area contributed by atoms with Gasteiger partial charge in [0.15, 0.2) is 0 Å². The Morgan fingerprint density at radius 3 is 2.59 bits per heavy atom. The summed E-state index contributed by atoms with van der Waals surface area (Å²) in [5, 5.41) is 2.41. The molecule has 176 valence electrons. The van der Waals surface area contributed by atoms with Crippen molar-refractivity contribution in [2.75, 3.05) is 32.8 Å². The average Bonchev–Trinajstić information content (AvgIpc) is 2.65. The topological polar surface area (TPSA) is 71.1 Å². The number of carbonyl (C=O) groups is 2. The molecule has 4 rings (SSSR count). The number of hydrogen-bond acceptors (Lipinski definition) is 4. The molecule has 0 radical (unpaired) electrons. The van der Waals surface area contributed by atoms with Crippen molar-refractivity contribution in [1.82, 2.24) is 15.1 Å². The highest BCUT2D eigenvalue weighted by Crippen LogP contribution is 2.33. The summed E-state index contributed by atoms with van der Waals surface area (Å²) in [4.78, 5) is 26.2. The number of benzene rings is 1. The number of alkyl halides is 5. The van der Waals surface area contributed by atoms with Gasteiger partial charge >= 0.3 is 12.2 Å². The zero-order chi connectivity index (χ0) is 23.3. The molecule has 1 aromatic rings. The molecular weight excluding hydrogens is 448 g/mol. The van der Waals surface area contributed by atoms with Gasteiger partial charge in [0, 0.05) is 12.1 Å². The van der Waals surface area contributed by atoms with Crippen molar-refractivity contribution < 1.29 is 45.4 Å². The molecule has 7 nitrogen and oxygen atoms in total. The summed E-state index contributed by atoms with van der Waals surface area (Å²) in [6.45, 7) is -1.65. The number of nitrogens with one attached hydrogen (secondary N) is 1. The number of piperidine rings is 1. The normalized spacial score (nSPS) is 25.8. The highest BCUT2D eigenvalue weighted by molar-refractivity contribution is 5.79. The SMILES string of the molecule is O=C1CO[C@H]2[C@H](CN(C(=O)N3CC(OCc4ccc(C(F)(F)F)cc4F)C3)CC2(F)F)N1. The van der Waals surface area contributed by atoms with E-state index in [1.165, 1.54) is 4.90 Å². The molecule has 0 saturated carbocycles. The molecule has 32 heavy (non-hydrogen) atoms. The molecule has 2 atom stereocenters. The maximum atomic E-state index is 14.4. The van der Waals surface area contributed by atoms with Crippen molar-refractivity contribution in [3.8, 4) is 0 Å². The van der Waals surface area contributed by atoms with Crippen molar-refractivity contribution in [2.24, 2.45) is 0 Å². The molecular formula is C19H19F6N3O4. The first-order chi connectivity index (χ1) is 14.9. The summed E-state index contributed by atoms with van der Waals surface area (Å²) in [5.74, 6) is -4.94. The molecule has 0 aromatic heterocycles. The zero-order valence-corrected chi connectivity index (χ0v) is 16.5. The Kier molecular flexibility index (Phi) is 5.74. The predicted molar refractivity (Wildman–Crippen MR) is 95.1 cm³/mol. The van der Waals surface area contributed by atoms with Gasteiger partial charge in [0.25, 0.3) is 5.92 Å². The van der Waals surface area contributed by atoms with Gasteiger partial charge in [-0.1, -0.05) is 6.07 Å². The average molecular weight is 467 g/mol. The Bertz CT molecular complexity index is 906. The van der Waals surface area contributed by atoms with Crippen LogP contribution >= 0.6 is 0 Å². The van der Waals surface area contributed by atoms with Crippen LogP contribution in [0.5, 0.6) is 0 Å². The third kappa shape index (κ3) is 4.49. The van der Waals surface area contributed by atoms with Gasteiger partial charge in [0.2, 0.25) is 5.91 Å². The number of halogens is 6. The summed E-state index contributed by atoms with van der Waals surface area (Å²) in [7, 11) is 0. The summed E-state index contributed by atoms with van der Waals surface area (Å²) in [6.07, 6.45) is -6.68. The number of urea groups is 1. The van der Waals surface area contributed by atoms with E-state index in [2.05, 4.69) is 5.32 Å². The zero-order valence-electron chi connectivity index (χ0n) is 16.5. The number of nitrogens with zero attached hydrogens (tertiary/aromatic N) is 2. The lowest BCUT2D eigenvalue weighted by atomic mass is 9.97. The first kappa shape index (κ1) is 22.6. The van der Waals surface area contributed by atoms with Crippen LogP contribution in [0.1, 0.15) is 11.1 Å². The van der Waals surface area contributed by atoms with Gasteiger partial charge in [0.1, 0.15) is 18.5 Å². The van der Waals surface area contributed by atoms with Gasteiger partial charge in [0.05, 0.1) is 44.0 Å². The molecule has 3 aliphatic heterocycles. The first-order valence-corrected chi connectivity index (χ1v) is 9.74. The second-order valence-corrected chi connectivity index (χ2v) is 7.97. The molecule has 13 heteroatoms. The molecule has 1 N–H and O–H groups in total. The summed E-state index contributed by atoms with van der Waals surface area (Å²) in [6, 6.07) is 0.415. The Hall–Kier alpha value is -2.54. The van der Waals surface area contributed by atoms with Gasteiger partial charge in [-0.2, -0.15) is 13.2 Å². The van der Waals surface area contributed by atoms with Crippen LogP contribution in [-0.4, -0.2) is 78.7 Å². The smallest absolute Gasteiger partial charge is 0.370 e. The van der Waals surface area contributed by atoms with Crippen molar-refractivity contribution >= 4 is 11.9 Å². The van der Waals surface area contributed by atoms with Gasteiger partial charge in [-0.3, -0.25) is 4.79 Å².